The highest BCUT2D eigenvalue weighted by Crippen LogP contribution is 2.11. The standard InChI is InChI=1S/C15H15ClN4O/c1-2-9-17-15(21)13-7-8-14(20-19-13)18-10-11-3-5-12(16)6-4-11/h2-8H,1,9-10H2,(H,17,21)(H,18,20). The van der Waals surface area contributed by atoms with Gasteiger partial charge >= 0.3 is 0 Å². The molecule has 2 aromatic rings. The molecule has 2 N–H and O–H groups in total. The molecule has 0 saturated carbocycles. The van der Waals surface area contributed by atoms with E-state index in [9.17, 15) is 4.79 Å². The van der Waals surface area contributed by atoms with Gasteiger partial charge in [0.05, 0.1) is 0 Å². The van der Waals surface area contributed by atoms with E-state index in [1.807, 2.05) is 24.3 Å². The van der Waals surface area contributed by atoms with Gasteiger partial charge in [0.25, 0.3) is 5.91 Å². The topological polar surface area (TPSA) is 66.9 Å². The first-order valence-corrected chi connectivity index (χ1v) is 6.78. The zero-order chi connectivity index (χ0) is 15.1. The SMILES string of the molecule is C=CCNC(=O)c1ccc(NCc2ccc(Cl)cc2)nn1. The number of rotatable bonds is 6. The molecule has 1 aromatic heterocycles. The molecule has 0 aliphatic carbocycles. The molecule has 2 rings (SSSR count). The van der Waals surface area contributed by atoms with E-state index in [0.29, 0.717) is 23.9 Å². The van der Waals surface area contributed by atoms with Gasteiger partial charge in [0.1, 0.15) is 5.82 Å². The Morgan fingerprint density at radius 3 is 2.57 bits per heavy atom. The second kappa shape index (κ2) is 7.40. The highest BCUT2D eigenvalue weighted by molar-refractivity contribution is 6.30. The van der Waals surface area contributed by atoms with Crippen molar-refractivity contribution in [1.29, 1.82) is 0 Å². The van der Waals surface area contributed by atoms with E-state index in [2.05, 4.69) is 27.4 Å². The quantitative estimate of drug-likeness (QED) is 0.805. The number of amides is 1. The maximum absolute atomic E-state index is 11.6. The molecule has 0 bridgehead atoms. The molecule has 0 atom stereocenters. The van der Waals surface area contributed by atoms with Crippen molar-refractivity contribution in [3.8, 4) is 0 Å². The number of hydrogen-bond acceptors (Lipinski definition) is 4. The van der Waals surface area contributed by atoms with Gasteiger partial charge in [0.2, 0.25) is 0 Å². The summed E-state index contributed by atoms with van der Waals surface area (Å²) in [4.78, 5) is 11.6. The molecule has 1 aromatic carbocycles. The second-order valence-electron chi connectivity index (χ2n) is 4.28. The predicted molar refractivity (Wildman–Crippen MR) is 83.3 cm³/mol. The van der Waals surface area contributed by atoms with Gasteiger partial charge in [-0.1, -0.05) is 29.8 Å². The molecule has 0 saturated heterocycles. The molecule has 21 heavy (non-hydrogen) atoms. The number of anilines is 1. The Kier molecular flexibility index (Phi) is 5.29. The van der Waals surface area contributed by atoms with E-state index >= 15 is 0 Å². The molecular formula is C15H15ClN4O. The normalized spacial score (nSPS) is 9.95. The van der Waals surface area contributed by atoms with Crippen LogP contribution in [0.15, 0.2) is 49.1 Å². The maximum atomic E-state index is 11.6. The number of nitrogens with zero attached hydrogens (tertiary/aromatic N) is 2. The van der Waals surface area contributed by atoms with Crippen LogP contribution in [0, 0.1) is 0 Å². The Bertz CT molecular complexity index is 611. The lowest BCUT2D eigenvalue weighted by molar-refractivity contribution is 0.0952. The number of carbonyl (C=O) groups is 1. The average Bonchev–Trinajstić information content (AvgIpc) is 2.52. The highest BCUT2D eigenvalue weighted by atomic mass is 35.5. The van der Waals surface area contributed by atoms with Gasteiger partial charge in [0.15, 0.2) is 5.69 Å². The Balaban J connectivity index is 1.91. The molecule has 1 amide bonds. The Morgan fingerprint density at radius 2 is 1.95 bits per heavy atom. The van der Waals surface area contributed by atoms with Gasteiger partial charge < -0.3 is 10.6 Å². The summed E-state index contributed by atoms with van der Waals surface area (Å²) in [7, 11) is 0. The fourth-order valence-electron chi connectivity index (χ4n) is 1.60. The minimum Gasteiger partial charge on any atom is -0.365 e. The largest absolute Gasteiger partial charge is 0.365 e. The molecule has 0 radical (unpaired) electrons. The lowest BCUT2D eigenvalue weighted by Crippen LogP contribution is -2.24. The summed E-state index contributed by atoms with van der Waals surface area (Å²) in [5.41, 5.74) is 1.35. The van der Waals surface area contributed by atoms with E-state index in [0.717, 1.165) is 5.56 Å². The molecule has 0 fully saturated rings. The first-order chi connectivity index (χ1) is 10.2. The molecule has 108 valence electrons. The van der Waals surface area contributed by atoms with Crippen molar-refractivity contribution < 1.29 is 4.79 Å². The number of halogens is 1. The molecule has 0 aliphatic heterocycles. The fraction of sp³-hybridized carbons (Fsp3) is 0.133. The number of aromatic nitrogens is 2. The Morgan fingerprint density at radius 1 is 1.19 bits per heavy atom. The summed E-state index contributed by atoms with van der Waals surface area (Å²) >= 11 is 5.83. The molecule has 6 heteroatoms. The van der Waals surface area contributed by atoms with E-state index in [-0.39, 0.29) is 11.6 Å². The van der Waals surface area contributed by atoms with Gasteiger partial charge in [0, 0.05) is 18.1 Å². The van der Waals surface area contributed by atoms with E-state index in [1.54, 1.807) is 18.2 Å². The van der Waals surface area contributed by atoms with Gasteiger partial charge in [-0.25, -0.2) is 0 Å². The van der Waals surface area contributed by atoms with Crippen molar-refractivity contribution in [2.45, 2.75) is 6.54 Å². The van der Waals surface area contributed by atoms with Crippen molar-refractivity contribution in [2.24, 2.45) is 0 Å². The van der Waals surface area contributed by atoms with Crippen LogP contribution in [0.5, 0.6) is 0 Å². The molecular weight excluding hydrogens is 288 g/mol. The Labute approximate surface area is 128 Å². The summed E-state index contributed by atoms with van der Waals surface area (Å²) in [6, 6.07) is 10.9. The monoisotopic (exact) mass is 302 g/mol. The van der Waals surface area contributed by atoms with Gasteiger partial charge in [-0.15, -0.1) is 16.8 Å². The van der Waals surface area contributed by atoms with Crippen LogP contribution >= 0.6 is 11.6 Å². The predicted octanol–water partition coefficient (Wildman–Crippen LogP) is 2.66. The third-order valence-corrected chi connectivity index (χ3v) is 2.94. The summed E-state index contributed by atoms with van der Waals surface area (Å²) in [6.45, 7) is 4.53. The summed E-state index contributed by atoms with van der Waals surface area (Å²) in [5, 5.41) is 14.3. The zero-order valence-corrected chi connectivity index (χ0v) is 12.1. The highest BCUT2D eigenvalue weighted by Gasteiger charge is 2.06. The van der Waals surface area contributed by atoms with E-state index in [4.69, 9.17) is 11.6 Å². The van der Waals surface area contributed by atoms with Crippen LogP contribution < -0.4 is 10.6 Å². The van der Waals surface area contributed by atoms with Gasteiger partial charge in [-0.05, 0) is 29.8 Å². The van der Waals surface area contributed by atoms with Gasteiger partial charge in [-0.3, -0.25) is 4.79 Å². The summed E-state index contributed by atoms with van der Waals surface area (Å²) in [5.74, 6) is 0.330. The van der Waals surface area contributed by atoms with Crippen LogP contribution in [0.25, 0.3) is 0 Å². The van der Waals surface area contributed by atoms with Crippen molar-refractivity contribution in [3.63, 3.8) is 0 Å². The van der Waals surface area contributed by atoms with Crippen molar-refractivity contribution in [1.82, 2.24) is 15.5 Å². The molecule has 1 heterocycles. The lowest BCUT2D eigenvalue weighted by Gasteiger charge is -2.06. The average molecular weight is 303 g/mol. The van der Waals surface area contributed by atoms with E-state index in [1.165, 1.54) is 0 Å². The first-order valence-electron chi connectivity index (χ1n) is 6.40. The summed E-state index contributed by atoms with van der Waals surface area (Å²) < 4.78 is 0. The third-order valence-electron chi connectivity index (χ3n) is 2.69. The van der Waals surface area contributed by atoms with Crippen LogP contribution in [0.3, 0.4) is 0 Å². The van der Waals surface area contributed by atoms with Crippen LogP contribution in [-0.4, -0.2) is 22.6 Å². The van der Waals surface area contributed by atoms with Crippen molar-refractivity contribution >= 4 is 23.3 Å². The fourth-order valence-corrected chi connectivity index (χ4v) is 1.72. The van der Waals surface area contributed by atoms with Crippen molar-refractivity contribution in [2.75, 3.05) is 11.9 Å². The number of carbonyl (C=O) groups excluding carboxylic acids is 1. The van der Waals surface area contributed by atoms with Crippen LogP contribution in [-0.2, 0) is 6.54 Å². The molecule has 5 nitrogen and oxygen atoms in total. The smallest absolute Gasteiger partial charge is 0.272 e. The third kappa shape index (κ3) is 4.57. The molecule has 0 spiro atoms. The molecule has 0 aliphatic rings. The first kappa shape index (κ1) is 15.0. The van der Waals surface area contributed by atoms with Crippen LogP contribution in [0.2, 0.25) is 5.02 Å². The number of benzene rings is 1. The van der Waals surface area contributed by atoms with Gasteiger partial charge in [-0.2, -0.15) is 0 Å². The zero-order valence-electron chi connectivity index (χ0n) is 11.3. The van der Waals surface area contributed by atoms with Crippen LogP contribution in [0.1, 0.15) is 16.1 Å². The van der Waals surface area contributed by atoms with E-state index < -0.39 is 0 Å². The Hall–Kier alpha value is -2.40. The minimum atomic E-state index is -0.272. The maximum Gasteiger partial charge on any atom is 0.272 e. The summed E-state index contributed by atoms with van der Waals surface area (Å²) in [6.07, 6.45) is 1.60. The minimum absolute atomic E-state index is 0.272. The number of nitrogens with one attached hydrogen (secondary N) is 2. The van der Waals surface area contributed by atoms with Crippen LogP contribution in [0.4, 0.5) is 5.82 Å². The lowest BCUT2D eigenvalue weighted by atomic mass is 10.2. The second-order valence-corrected chi connectivity index (χ2v) is 4.72. The van der Waals surface area contributed by atoms with Crippen molar-refractivity contribution in [3.05, 3.63) is 65.3 Å². The molecule has 0 unspecified atom stereocenters. The number of hydrogen-bond donors (Lipinski definition) is 2.